The second kappa shape index (κ2) is 12.6. The highest BCUT2D eigenvalue weighted by atomic mass is 35.5. The SMILES string of the molecule is CC(C)[Si](Sc1ccc(C(COC(N)=O)(C[C@@H](O)c2cccc(Cl)c2)C(C)(C)C)cc1)(C(C)C)C(C)C. The van der Waals surface area contributed by atoms with E-state index in [-0.39, 0.29) is 12.0 Å². The third-order valence-electron chi connectivity index (χ3n) is 8.08. The van der Waals surface area contributed by atoms with E-state index in [4.69, 9.17) is 22.1 Å². The van der Waals surface area contributed by atoms with Gasteiger partial charge in [-0.15, -0.1) is 0 Å². The molecule has 0 aliphatic carbocycles. The number of benzene rings is 2. The second-order valence-corrected chi connectivity index (χ2v) is 21.2. The Morgan fingerprint density at radius 2 is 1.54 bits per heavy atom. The number of hydrogen-bond acceptors (Lipinski definition) is 4. The number of halogens is 1. The molecule has 1 unspecified atom stereocenters. The number of nitrogens with two attached hydrogens (primary N) is 1. The number of carbonyl (C=O) groups is 1. The molecule has 2 aromatic rings. The van der Waals surface area contributed by atoms with Gasteiger partial charge in [0.25, 0.3) is 0 Å². The monoisotopic (exact) mass is 563 g/mol. The highest BCUT2D eigenvalue weighted by Gasteiger charge is 2.47. The molecule has 0 aliphatic heterocycles. The van der Waals surface area contributed by atoms with E-state index in [1.807, 2.05) is 12.1 Å². The number of aliphatic hydroxyl groups excluding tert-OH is 1. The second-order valence-electron chi connectivity index (χ2n) is 12.2. The number of rotatable bonds is 11. The van der Waals surface area contributed by atoms with E-state index in [0.717, 1.165) is 11.1 Å². The molecule has 2 atom stereocenters. The molecule has 4 nitrogen and oxygen atoms in total. The normalized spacial score (nSPS) is 15.2. The molecule has 0 heterocycles. The molecule has 2 rings (SSSR count). The Hall–Kier alpha value is -1.47. The van der Waals surface area contributed by atoms with Gasteiger partial charge >= 0.3 is 6.09 Å². The summed E-state index contributed by atoms with van der Waals surface area (Å²) in [6.45, 7) is 20.6. The fourth-order valence-electron chi connectivity index (χ4n) is 5.97. The molecule has 0 saturated carbocycles. The zero-order chi connectivity index (χ0) is 28.2. The van der Waals surface area contributed by atoms with E-state index in [0.29, 0.717) is 28.1 Å². The Kier molecular flexibility index (Phi) is 10.8. The van der Waals surface area contributed by atoms with E-state index in [9.17, 15) is 9.90 Å². The van der Waals surface area contributed by atoms with Crippen molar-refractivity contribution in [1.82, 2.24) is 0 Å². The van der Waals surface area contributed by atoms with Gasteiger partial charge in [-0.05, 0) is 63.9 Å². The minimum absolute atomic E-state index is 0.0681. The first-order valence-electron chi connectivity index (χ1n) is 13.2. The summed E-state index contributed by atoms with van der Waals surface area (Å²) < 4.78 is 5.46. The molecule has 0 aliphatic rings. The van der Waals surface area contributed by atoms with Crippen LogP contribution in [0.5, 0.6) is 0 Å². The largest absolute Gasteiger partial charge is 0.449 e. The quantitative estimate of drug-likeness (QED) is 0.267. The lowest BCUT2D eigenvalue weighted by Crippen LogP contribution is -2.46. The number of hydrogen-bond donors (Lipinski definition) is 2. The highest BCUT2D eigenvalue weighted by molar-refractivity contribution is 8.29. The molecule has 0 radical (unpaired) electrons. The van der Waals surface area contributed by atoms with Crippen LogP contribution in [0.2, 0.25) is 21.6 Å². The van der Waals surface area contributed by atoms with Gasteiger partial charge in [0.1, 0.15) is 13.8 Å². The Morgan fingerprint density at radius 3 is 1.97 bits per heavy atom. The number of amides is 1. The predicted octanol–water partition coefficient (Wildman–Crippen LogP) is 9.11. The summed E-state index contributed by atoms with van der Waals surface area (Å²) in [6, 6.07) is 16.0. The lowest BCUT2D eigenvalue weighted by molar-refractivity contribution is 0.0224. The van der Waals surface area contributed by atoms with Gasteiger partial charge < -0.3 is 15.6 Å². The van der Waals surface area contributed by atoms with Crippen molar-refractivity contribution in [3.8, 4) is 0 Å². The number of ether oxygens (including phenoxy) is 1. The van der Waals surface area contributed by atoms with Crippen LogP contribution in [-0.2, 0) is 10.2 Å². The Labute approximate surface area is 234 Å². The van der Waals surface area contributed by atoms with Gasteiger partial charge in [0.2, 0.25) is 0 Å². The van der Waals surface area contributed by atoms with Crippen LogP contribution >= 0.6 is 22.8 Å². The lowest BCUT2D eigenvalue weighted by atomic mass is 9.60. The van der Waals surface area contributed by atoms with Crippen LogP contribution in [0.4, 0.5) is 4.79 Å². The molecule has 206 valence electrons. The summed E-state index contributed by atoms with van der Waals surface area (Å²) >= 11 is 8.30. The zero-order valence-corrected chi connectivity index (χ0v) is 26.5. The van der Waals surface area contributed by atoms with E-state index >= 15 is 0 Å². The van der Waals surface area contributed by atoms with Crippen molar-refractivity contribution in [2.75, 3.05) is 6.61 Å². The van der Waals surface area contributed by atoms with Crippen LogP contribution in [0.1, 0.15) is 86.0 Å². The summed E-state index contributed by atoms with van der Waals surface area (Å²) in [4.78, 5) is 13.0. The van der Waals surface area contributed by atoms with Gasteiger partial charge in [0.15, 0.2) is 0 Å². The van der Waals surface area contributed by atoms with Crippen LogP contribution in [0, 0.1) is 5.41 Å². The molecular weight excluding hydrogens is 518 g/mol. The molecule has 7 heteroatoms. The first-order valence-corrected chi connectivity index (χ1v) is 17.4. The summed E-state index contributed by atoms with van der Waals surface area (Å²) in [6.07, 6.45) is -1.27. The number of aliphatic hydroxyl groups is 1. The fourth-order valence-corrected chi connectivity index (χ4v) is 15.3. The van der Waals surface area contributed by atoms with Crippen LogP contribution in [-0.4, -0.2) is 25.0 Å². The van der Waals surface area contributed by atoms with Crippen molar-refractivity contribution < 1.29 is 14.6 Å². The molecule has 0 aromatic heterocycles. The van der Waals surface area contributed by atoms with Crippen molar-refractivity contribution in [3.63, 3.8) is 0 Å². The molecule has 37 heavy (non-hydrogen) atoms. The summed E-state index contributed by atoms with van der Waals surface area (Å²) in [7, 11) is -1.70. The van der Waals surface area contributed by atoms with Gasteiger partial charge in [0, 0.05) is 15.3 Å². The number of primary amides is 1. The number of carbonyl (C=O) groups excluding carboxylic acids is 1. The molecular formula is C30H46ClNO3SSi. The van der Waals surface area contributed by atoms with Crippen molar-refractivity contribution in [1.29, 1.82) is 0 Å². The van der Waals surface area contributed by atoms with Crippen molar-refractivity contribution in [2.45, 2.75) is 102 Å². The molecule has 0 bridgehead atoms. The van der Waals surface area contributed by atoms with Gasteiger partial charge in [-0.3, -0.25) is 0 Å². The minimum atomic E-state index is -1.70. The molecule has 3 N–H and O–H groups in total. The van der Waals surface area contributed by atoms with Crippen LogP contribution in [0.3, 0.4) is 0 Å². The maximum Gasteiger partial charge on any atom is 0.404 e. The predicted molar refractivity (Wildman–Crippen MR) is 161 cm³/mol. The Balaban J connectivity index is 2.56. The minimum Gasteiger partial charge on any atom is -0.449 e. The molecule has 0 fully saturated rings. The van der Waals surface area contributed by atoms with Crippen molar-refractivity contribution >= 4 is 36.1 Å². The van der Waals surface area contributed by atoms with E-state index in [1.165, 1.54) is 4.90 Å². The summed E-state index contributed by atoms with van der Waals surface area (Å²) in [5.41, 5.74) is 8.04. The maximum atomic E-state index is 11.7. The zero-order valence-electron chi connectivity index (χ0n) is 24.0. The van der Waals surface area contributed by atoms with Crippen molar-refractivity contribution in [3.05, 3.63) is 64.7 Å². The van der Waals surface area contributed by atoms with Crippen LogP contribution < -0.4 is 5.73 Å². The first kappa shape index (κ1) is 31.7. The molecule has 2 aromatic carbocycles. The highest BCUT2D eigenvalue weighted by Crippen LogP contribution is 2.53. The smallest absolute Gasteiger partial charge is 0.404 e. The Morgan fingerprint density at radius 1 is 1.00 bits per heavy atom. The van der Waals surface area contributed by atoms with E-state index < -0.39 is 24.8 Å². The van der Waals surface area contributed by atoms with Gasteiger partial charge in [-0.2, -0.15) is 11.2 Å². The maximum absolute atomic E-state index is 11.7. The molecule has 1 amide bonds. The first-order chi connectivity index (χ1) is 17.1. The fraction of sp³-hybridized carbons (Fsp3) is 0.567. The van der Waals surface area contributed by atoms with Crippen molar-refractivity contribution in [2.24, 2.45) is 11.1 Å². The average Bonchev–Trinajstić information content (AvgIpc) is 2.78. The lowest BCUT2D eigenvalue weighted by Gasteiger charge is -2.46. The van der Waals surface area contributed by atoms with E-state index in [1.54, 1.807) is 12.1 Å². The third-order valence-corrected chi connectivity index (χ3v) is 20.6. The van der Waals surface area contributed by atoms with E-state index in [2.05, 4.69) is 97.8 Å². The summed E-state index contributed by atoms with van der Waals surface area (Å²) in [5.74, 6) is 0. The standard InChI is InChI=1S/C30H46ClNO3SSi/c1-20(2)37(21(3)4,22(5)6)36-26-15-13-24(14-16-26)30(29(7,8)9,19-35-28(32)34)18-27(33)23-11-10-12-25(31)17-23/h10-17,20-22,27,33H,18-19H2,1-9H3,(H2,32,34)/t27-,30?/m1/s1. The Bertz CT molecular complexity index is 1010. The molecule has 0 spiro atoms. The third kappa shape index (κ3) is 7.14. The average molecular weight is 564 g/mol. The summed E-state index contributed by atoms with van der Waals surface area (Å²) in [5, 5.41) is 11.9. The van der Waals surface area contributed by atoms with Gasteiger partial charge in [0.05, 0.1) is 6.10 Å². The molecule has 0 saturated heterocycles. The van der Waals surface area contributed by atoms with Crippen LogP contribution in [0.25, 0.3) is 0 Å². The van der Waals surface area contributed by atoms with Crippen LogP contribution in [0.15, 0.2) is 53.4 Å². The van der Waals surface area contributed by atoms with Gasteiger partial charge in [-0.1, -0.05) is 98.2 Å². The topological polar surface area (TPSA) is 72.5 Å². The van der Waals surface area contributed by atoms with Gasteiger partial charge in [-0.25, -0.2) is 4.79 Å².